The third-order valence-electron chi connectivity index (χ3n) is 5.31. The van der Waals surface area contributed by atoms with Gasteiger partial charge in [-0.25, -0.2) is 13.3 Å². The molecule has 0 unspecified atom stereocenters. The average Bonchev–Trinajstić information content (AvgIpc) is 2.90. The number of hydrogen-bond donors (Lipinski definition) is 0. The molecular weight excluding hydrogens is 437 g/mol. The van der Waals surface area contributed by atoms with Crippen molar-refractivity contribution in [3.8, 4) is 6.07 Å². The average molecular weight is 456 g/mol. The van der Waals surface area contributed by atoms with Crippen molar-refractivity contribution < 1.29 is 31.2 Å². The summed E-state index contributed by atoms with van der Waals surface area (Å²) in [6.07, 6.45) is -3.71. The Bertz CT molecular complexity index is 1110. The predicted octanol–water partition coefficient (Wildman–Crippen LogP) is 1.34. The molecule has 12 heteroatoms. The topological polar surface area (TPSA) is 102 Å². The molecule has 0 atom stereocenters. The molecule has 0 aromatic heterocycles. The van der Waals surface area contributed by atoms with Gasteiger partial charge in [-0.05, 0) is 25.1 Å². The van der Waals surface area contributed by atoms with E-state index in [0.717, 1.165) is 18.4 Å². The second-order valence-corrected chi connectivity index (χ2v) is 9.31. The van der Waals surface area contributed by atoms with E-state index in [4.69, 9.17) is 5.26 Å². The molecule has 2 heterocycles. The van der Waals surface area contributed by atoms with E-state index in [2.05, 4.69) is 0 Å². The molecule has 8 nitrogen and oxygen atoms in total. The highest BCUT2D eigenvalue weighted by Gasteiger charge is 2.40. The number of carbonyl (C=O) groups is 2. The number of hydrogen-bond acceptors (Lipinski definition) is 6. The Labute approximate surface area is 177 Å². The third kappa shape index (κ3) is 4.48. The van der Waals surface area contributed by atoms with E-state index in [1.54, 1.807) is 0 Å². The number of nitrogens with zero attached hydrogens (tertiary/aromatic N) is 4. The van der Waals surface area contributed by atoms with Crippen LogP contribution in [0.5, 0.6) is 0 Å². The van der Waals surface area contributed by atoms with Gasteiger partial charge in [-0.1, -0.05) is 0 Å². The van der Waals surface area contributed by atoms with Crippen LogP contribution in [0.3, 0.4) is 0 Å². The van der Waals surface area contributed by atoms with E-state index in [9.17, 15) is 31.2 Å². The van der Waals surface area contributed by atoms with Gasteiger partial charge < -0.3 is 0 Å². The van der Waals surface area contributed by atoms with Crippen LogP contribution in [0.25, 0.3) is 0 Å². The first kappa shape index (κ1) is 22.9. The van der Waals surface area contributed by atoms with Crippen molar-refractivity contribution in [1.82, 2.24) is 9.21 Å². The Morgan fingerprint density at radius 1 is 1.10 bits per heavy atom. The van der Waals surface area contributed by atoms with Crippen molar-refractivity contribution in [2.75, 3.05) is 43.9 Å². The van der Waals surface area contributed by atoms with Crippen LogP contribution in [0.2, 0.25) is 0 Å². The number of benzene rings is 1. The lowest BCUT2D eigenvalue weighted by molar-refractivity contribution is -0.138. The van der Waals surface area contributed by atoms with Crippen molar-refractivity contribution in [1.29, 1.82) is 5.26 Å². The zero-order valence-corrected chi connectivity index (χ0v) is 17.5. The zero-order valence-electron chi connectivity index (χ0n) is 16.7. The molecule has 1 aromatic rings. The van der Waals surface area contributed by atoms with E-state index in [1.165, 1.54) is 17.3 Å². The van der Waals surface area contributed by atoms with Crippen molar-refractivity contribution in [2.24, 2.45) is 0 Å². The Hall–Kier alpha value is -2.75. The number of imide groups is 1. The quantitative estimate of drug-likeness (QED) is 0.634. The number of nitriles is 1. The lowest BCUT2D eigenvalue weighted by Crippen LogP contribution is -2.49. The van der Waals surface area contributed by atoms with E-state index in [-0.39, 0.29) is 36.5 Å². The zero-order chi connectivity index (χ0) is 23.1. The molecule has 0 radical (unpaired) electrons. The van der Waals surface area contributed by atoms with E-state index >= 15 is 0 Å². The molecule has 0 spiro atoms. The fraction of sp³-hybridized carbons (Fsp3) is 0.421. The Kier molecular flexibility index (Phi) is 5.96. The van der Waals surface area contributed by atoms with Crippen LogP contribution < -0.4 is 4.90 Å². The largest absolute Gasteiger partial charge is 0.417 e. The SMILES string of the molecule is CC1=C(CN2CCN(S(C)(=O)=O)CC2)C(=O)N(c2ccc(C#N)c(C(F)(F)F)c2)C1=O. The van der Waals surface area contributed by atoms with Gasteiger partial charge in [0.15, 0.2) is 0 Å². The van der Waals surface area contributed by atoms with Crippen LogP contribution in [0.4, 0.5) is 18.9 Å². The highest BCUT2D eigenvalue weighted by molar-refractivity contribution is 7.88. The van der Waals surface area contributed by atoms with Crippen molar-refractivity contribution in [2.45, 2.75) is 13.1 Å². The molecule has 0 bridgehead atoms. The highest BCUT2D eigenvalue weighted by Crippen LogP contribution is 2.36. The maximum absolute atomic E-state index is 13.3. The summed E-state index contributed by atoms with van der Waals surface area (Å²) in [4.78, 5) is 28.1. The normalized spacial score (nSPS) is 19.3. The number of rotatable bonds is 4. The summed E-state index contributed by atoms with van der Waals surface area (Å²) in [6, 6.07) is 4.13. The van der Waals surface area contributed by atoms with Gasteiger partial charge in [-0.2, -0.15) is 22.7 Å². The first-order chi connectivity index (χ1) is 14.3. The summed E-state index contributed by atoms with van der Waals surface area (Å²) in [5, 5.41) is 8.92. The number of carbonyl (C=O) groups excluding carboxylic acids is 2. The van der Waals surface area contributed by atoms with Crippen LogP contribution in [0.1, 0.15) is 18.1 Å². The monoisotopic (exact) mass is 456 g/mol. The molecule has 1 saturated heterocycles. The molecule has 0 aliphatic carbocycles. The standard InChI is InChI=1S/C19H19F3N4O4S/c1-12-15(11-24-5-7-25(8-6-24)31(2,29)30)18(28)26(17(12)27)14-4-3-13(10-23)16(9-14)19(20,21)22/h3-4,9H,5-8,11H2,1-2H3. The van der Waals surface area contributed by atoms with Crippen molar-refractivity contribution in [3.63, 3.8) is 0 Å². The molecule has 3 rings (SSSR count). The predicted molar refractivity (Wildman–Crippen MR) is 104 cm³/mol. The van der Waals surface area contributed by atoms with Gasteiger partial charge in [0.2, 0.25) is 10.0 Å². The van der Waals surface area contributed by atoms with Gasteiger partial charge in [0.05, 0.1) is 29.1 Å². The van der Waals surface area contributed by atoms with Crippen LogP contribution in [0, 0.1) is 11.3 Å². The van der Waals surface area contributed by atoms with Gasteiger partial charge in [0, 0.05) is 43.9 Å². The molecule has 2 amide bonds. The van der Waals surface area contributed by atoms with Gasteiger partial charge in [-0.3, -0.25) is 14.5 Å². The number of sulfonamides is 1. The Morgan fingerprint density at radius 3 is 2.23 bits per heavy atom. The number of halogens is 3. The molecule has 0 saturated carbocycles. The second kappa shape index (κ2) is 8.07. The smallest absolute Gasteiger partial charge is 0.296 e. The molecule has 1 aromatic carbocycles. The first-order valence-corrected chi connectivity index (χ1v) is 11.1. The van der Waals surface area contributed by atoms with E-state index < -0.39 is 39.1 Å². The van der Waals surface area contributed by atoms with Crippen LogP contribution >= 0.6 is 0 Å². The fourth-order valence-electron chi connectivity index (χ4n) is 3.55. The summed E-state index contributed by atoms with van der Waals surface area (Å²) >= 11 is 0. The number of amides is 2. The summed E-state index contributed by atoms with van der Waals surface area (Å²) < 4.78 is 64.4. The minimum Gasteiger partial charge on any atom is -0.296 e. The van der Waals surface area contributed by atoms with E-state index in [1.807, 2.05) is 4.90 Å². The number of anilines is 1. The molecular formula is C19H19F3N4O4S. The fourth-order valence-corrected chi connectivity index (χ4v) is 4.38. The second-order valence-electron chi connectivity index (χ2n) is 7.33. The molecule has 166 valence electrons. The summed E-state index contributed by atoms with van der Waals surface area (Å²) in [5.41, 5.74) is -1.83. The van der Waals surface area contributed by atoms with Crippen LogP contribution in [-0.4, -0.2) is 68.4 Å². The maximum Gasteiger partial charge on any atom is 0.417 e. The lowest BCUT2D eigenvalue weighted by atomic mass is 10.1. The van der Waals surface area contributed by atoms with Gasteiger partial charge in [0.1, 0.15) is 0 Å². The lowest BCUT2D eigenvalue weighted by Gasteiger charge is -2.33. The molecule has 1 fully saturated rings. The number of alkyl halides is 3. The minimum absolute atomic E-state index is 0.0763. The van der Waals surface area contributed by atoms with Gasteiger partial charge >= 0.3 is 6.18 Å². The number of piperazine rings is 1. The van der Waals surface area contributed by atoms with Crippen molar-refractivity contribution in [3.05, 3.63) is 40.5 Å². The van der Waals surface area contributed by atoms with Gasteiger partial charge in [-0.15, -0.1) is 0 Å². The Balaban J connectivity index is 1.82. The van der Waals surface area contributed by atoms with E-state index in [0.29, 0.717) is 24.1 Å². The van der Waals surface area contributed by atoms with Crippen LogP contribution in [0.15, 0.2) is 29.3 Å². The highest BCUT2D eigenvalue weighted by atomic mass is 32.2. The molecule has 31 heavy (non-hydrogen) atoms. The first-order valence-electron chi connectivity index (χ1n) is 9.22. The summed E-state index contributed by atoms with van der Waals surface area (Å²) in [6.45, 7) is 2.67. The molecule has 0 N–H and O–H groups in total. The Morgan fingerprint density at radius 2 is 1.71 bits per heavy atom. The molecule has 2 aliphatic rings. The summed E-state index contributed by atoms with van der Waals surface area (Å²) in [7, 11) is -3.32. The minimum atomic E-state index is -4.82. The van der Waals surface area contributed by atoms with Crippen molar-refractivity contribution >= 4 is 27.5 Å². The molecule has 2 aliphatic heterocycles. The van der Waals surface area contributed by atoms with Gasteiger partial charge in [0.25, 0.3) is 11.8 Å². The summed E-state index contributed by atoms with van der Waals surface area (Å²) in [5.74, 6) is -1.46. The third-order valence-corrected chi connectivity index (χ3v) is 6.61. The maximum atomic E-state index is 13.3. The van der Waals surface area contributed by atoms with Crippen LogP contribution in [-0.2, 0) is 25.8 Å².